The van der Waals surface area contributed by atoms with Gasteiger partial charge in [0.15, 0.2) is 0 Å². The topological polar surface area (TPSA) is 41.5 Å². The van der Waals surface area contributed by atoms with E-state index in [4.69, 9.17) is 0 Å². The van der Waals surface area contributed by atoms with Gasteiger partial charge in [0.1, 0.15) is 0 Å². The van der Waals surface area contributed by atoms with E-state index in [-0.39, 0.29) is 5.41 Å². The first-order valence-electron chi connectivity index (χ1n) is 4.78. The molecule has 0 aromatic rings. The Morgan fingerprint density at radius 2 is 2.62 bits per heavy atom. The van der Waals surface area contributed by atoms with Crippen LogP contribution in [0, 0.1) is 11.3 Å². The Labute approximate surface area is 77.9 Å². The molecular weight excluding hydrogens is 164 g/mol. The van der Waals surface area contributed by atoms with Gasteiger partial charge >= 0.3 is 0 Å². The molecule has 2 unspecified atom stereocenters. The summed E-state index contributed by atoms with van der Waals surface area (Å²) in [6, 6.07) is 0. The van der Waals surface area contributed by atoms with Gasteiger partial charge in [0.25, 0.3) is 0 Å². The summed E-state index contributed by atoms with van der Waals surface area (Å²) in [4.78, 5) is 13.9. The molecule has 1 aliphatic carbocycles. The number of hydrogen-bond acceptors (Lipinski definition) is 3. The van der Waals surface area contributed by atoms with Crippen molar-refractivity contribution in [2.75, 3.05) is 19.6 Å². The standard InChI is InChI=1S/C10H14N2O/c13-8-12-7-10-4-2-1-3-9(10)5-11-6-10/h1,3,9,11H,2,4-7H2. The molecule has 3 nitrogen and oxygen atoms in total. The van der Waals surface area contributed by atoms with Crippen LogP contribution in [0.4, 0.5) is 0 Å². The fourth-order valence-electron chi connectivity index (χ4n) is 2.44. The molecule has 70 valence electrons. The second-order valence-corrected chi connectivity index (χ2v) is 3.97. The normalized spacial score (nSPS) is 36.8. The predicted molar refractivity (Wildman–Crippen MR) is 50.2 cm³/mol. The molecule has 2 rings (SSSR count). The van der Waals surface area contributed by atoms with E-state index in [0.29, 0.717) is 12.5 Å². The van der Waals surface area contributed by atoms with Crippen molar-refractivity contribution >= 4 is 6.08 Å². The number of rotatable bonds is 2. The number of isocyanates is 1. The van der Waals surface area contributed by atoms with E-state index < -0.39 is 0 Å². The van der Waals surface area contributed by atoms with Crippen molar-refractivity contribution in [3.05, 3.63) is 12.2 Å². The maximum Gasteiger partial charge on any atom is 0.234 e. The highest BCUT2D eigenvalue weighted by atomic mass is 16.1. The number of aliphatic imine (C=N–C) groups is 1. The smallest absolute Gasteiger partial charge is 0.234 e. The lowest BCUT2D eigenvalue weighted by Crippen LogP contribution is -2.34. The molecular formula is C10H14N2O. The third kappa shape index (κ3) is 1.45. The minimum Gasteiger partial charge on any atom is -0.315 e. The molecule has 0 saturated carbocycles. The van der Waals surface area contributed by atoms with Gasteiger partial charge in [-0.1, -0.05) is 12.2 Å². The maximum atomic E-state index is 10.1. The van der Waals surface area contributed by atoms with Gasteiger partial charge in [-0.2, -0.15) is 0 Å². The van der Waals surface area contributed by atoms with Gasteiger partial charge in [-0.05, 0) is 18.8 Å². The highest BCUT2D eigenvalue weighted by molar-refractivity contribution is 5.33. The molecule has 0 bridgehead atoms. The lowest BCUT2D eigenvalue weighted by atomic mass is 9.71. The molecule has 1 fully saturated rings. The number of carbonyl (C=O) groups excluding carboxylic acids is 1. The van der Waals surface area contributed by atoms with Gasteiger partial charge in [0, 0.05) is 18.5 Å². The van der Waals surface area contributed by atoms with Gasteiger partial charge in [-0.15, -0.1) is 0 Å². The van der Waals surface area contributed by atoms with E-state index in [1.165, 1.54) is 0 Å². The van der Waals surface area contributed by atoms with E-state index in [0.717, 1.165) is 25.9 Å². The molecule has 1 heterocycles. The first-order valence-corrected chi connectivity index (χ1v) is 4.78. The van der Waals surface area contributed by atoms with Crippen LogP contribution in [0.15, 0.2) is 17.1 Å². The lowest BCUT2D eigenvalue weighted by Gasteiger charge is -2.33. The van der Waals surface area contributed by atoms with Crippen LogP contribution in [0.25, 0.3) is 0 Å². The fourth-order valence-corrected chi connectivity index (χ4v) is 2.44. The Bertz CT molecular complexity index is 268. The van der Waals surface area contributed by atoms with Crippen molar-refractivity contribution in [1.29, 1.82) is 0 Å². The number of fused-ring (bicyclic) bond motifs is 1. The average Bonchev–Trinajstić information content (AvgIpc) is 2.58. The molecule has 2 aliphatic rings. The summed E-state index contributed by atoms with van der Waals surface area (Å²) in [7, 11) is 0. The van der Waals surface area contributed by atoms with Crippen LogP contribution < -0.4 is 5.32 Å². The van der Waals surface area contributed by atoms with Crippen LogP contribution in [-0.2, 0) is 4.79 Å². The molecule has 1 saturated heterocycles. The fraction of sp³-hybridized carbons (Fsp3) is 0.700. The SMILES string of the molecule is O=C=NCC12CCC=CC1CNC2. The van der Waals surface area contributed by atoms with E-state index in [2.05, 4.69) is 22.5 Å². The van der Waals surface area contributed by atoms with Gasteiger partial charge in [0.2, 0.25) is 6.08 Å². The van der Waals surface area contributed by atoms with Gasteiger partial charge in [-0.3, -0.25) is 0 Å². The van der Waals surface area contributed by atoms with Crippen molar-refractivity contribution in [1.82, 2.24) is 5.32 Å². The van der Waals surface area contributed by atoms with Crippen LogP contribution >= 0.6 is 0 Å². The highest BCUT2D eigenvalue weighted by Crippen LogP contribution is 2.40. The zero-order valence-corrected chi connectivity index (χ0v) is 7.62. The van der Waals surface area contributed by atoms with E-state index in [9.17, 15) is 4.79 Å². The molecule has 2 atom stereocenters. The molecule has 0 aromatic heterocycles. The zero-order valence-electron chi connectivity index (χ0n) is 7.62. The summed E-state index contributed by atoms with van der Waals surface area (Å²) in [6.45, 7) is 2.66. The Balaban J connectivity index is 2.17. The zero-order chi connectivity index (χ0) is 9.15. The van der Waals surface area contributed by atoms with Crippen LogP contribution in [0.2, 0.25) is 0 Å². The van der Waals surface area contributed by atoms with Crippen molar-refractivity contribution in [3.63, 3.8) is 0 Å². The number of nitrogens with one attached hydrogen (secondary N) is 1. The van der Waals surface area contributed by atoms with Crippen LogP contribution in [0.3, 0.4) is 0 Å². The van der Waals surface area contributed by atoms with Crippen LogP contribution in [-0.4, -0.2) is 25.7 Å². The molecule has 13 heavy (non-hydrogen) atoms. The van der Waals surface area contributed by atoms with Gasteiger partial charge in [0.05, 0.1) is 6.54 Å². The highest BCUT2D eigenvalue weighted by Gasteiger charge is 2.42. The van der Waals surface area contributed by atoms with Gasteiger partial charge < -0.3 is 5.32 Å². The summed E-state index contributed by atoms with van der Waals surface area (Å²) in [5, 5.41) is 3.37. The molecule has 0 amide bonds. The molecule has 1 aliphatic heterocycles. The Morgan fingerprint density at radius 1 is 1.69 bits per heavy atom. The summed E-state index contributed by atoms with van der Waals surface area (Å²) < 4.78 is 0. The van der Waals surface area contributed by atoms with Crippen molar-refractivity contribution in [3.8, 4) is 0 Å². The van der Waals surface area contributed by atoms with Crippen LogP contribution in [0.5, 0.6) is 0 Å². The minimum atomic E-state index is 0.214. The third-order valence-electron chi connectivity index (χ3n) is 3.26. The first-order chi connectivity index (χ1) is 6.37. The van der Waals surface area contributed by atoms with Crippen molar-refractivity contribution in [2.24, 2.45) is 16.3 Å². The molecule has 0 aromatic carbocycles. The second kappa shape index (κ2) is 3.44. The molecule has 3 heteroatoms. The third-order valence-corrected chi connectivity index (χ3v) is 3.26. The lowest BCUT2D eigenvalue weighted by molar-refractivity contribution is 0.244. The Hall–Kier alpha value is -0.920. The second-order valence-electron chi connectivity index (χ2n) is 3.97. The summed E-state index contributed by atoms with van der Waals surface area (Å²) in [6.07, 6.45) is 8.41. The van der Waals surface area contributed by atoms with Gasteiger partial charge in [-0.25, -0.2) is 9.79 Å². The first kappa shape index (κ1) is 8.67. The largest absolute Gasteiger partial charge is 0.315 e. The Morgan fingerprint density at radius 3 is 3.46 bits per heavy atom. The summed E-state index contributed by atoms with van der Waals surface area (Å²) in [5.41, 5.74) is 0.214. The van der Waals surface area contributed by atoms with E-state index >= 15 is 0 Å². The quantitative estimate of drug-likeness (QED) is 0.387. The predicted octanol–water partition coefficient (Wildman–Crippen LogP) is 0.878. The van der Waals surface area contributed by atoms with Crippen molar-refractivity contribution < 1.29 is 4.79 Å². The number of allylic oxidation sites excluding steroid dienone is 1. The number of nitrogens with zero attached hydrogens (tertiary/aromatic N) is 1. The molecule has 0 spiro atoms. The minimum absolute atomic E-state index is 0.214. The van der Waals surface area contributed by atoms with E-state index in [1.807, 2.05) is 0 Å². The molecule has 0 radical (unpaired) electrons. The number of hydrogen-bond donors (Lipinski definition) is 1. The van der Waals surface area contributed by atoms with Crippen LogP contribution in [0.1, 0.15) is 12.8 Å². The monoisotopic (exact) mass is 178 g/mol. The summed E-state index contributed by atoms with van der Waals surface area (Å²) in [5.74, 6) is 0.568. The van der Waals surface area contributed by atoms with E-state index in [1.54, 1.807) is 6.08 Å². The maximum absolute atomic E-state index is 10.1. The average molecular weight is 178 g/mol. The van der Waals surface area contributed by atoms with Crippen molar-refractivity contribution in [2.45, 2.75) is 12.8 Å². The Kier molecular flexibility index (Phi) is 2.30. The summed E-state index contributed by atoms with van der Waals surface area (Å²) >= 11 is 0. The molecule has 1 N–H and O–H groups in total.